The van der Waals surface area contributed by atoms with Gasteiger partial charge in [0.2, 0.25) is 5.91 Å². The highest BCUT2D eigenvalue weighted by Crippen LogP contribution is 2.29. The summed E-state index contributed by atoms with van der Waals surface area (Å²) in [5.74, 6) is 0.554. The summed E-state index contributed by atoms with van der Waals surface area (Å²) in [6, 6.07) is 5.61. The molecule has 0 saturated carbocycles. The zero-order valence-electron chi connectivity index (χ0n) is 14.8. The number of anilines is 1. The van der Waals surface area contributed by atoms with Crippen LogP contribution < -0.4 is 15.4 Å². The molecule has 0 aliphatic heterocycles. The minimum absolute atomic E-state index is 0.138. The van der Waals surface area contributed by atoms with Gasteiger partial charge in [0.25, 0.3) is 0 Å². The van der Waals surface area contributed by atoms with Crippen molar-refractivity contribution in [2.75, 3.05) is 18.5 Å². The molecule has 0 unspecified atom stereocenters. The number of nitrogens with zero attached hydrogens (tertiary/aromatic N) is 1. The number of alkyl carbamates (subject to hydrolysis) is 1. The fraction of sp³-hybridized carbons (Fsp3) is 0.471. The number of rotatable bonds is 6. The van der Waals surface area contributed by atoms with Crippen molar-refractivity contribution < 1.29 is 19.1 Å². The summed E-state index contributed by atoms with van der Waals surface area (Å²) in [6.45, 7) is 8.06. The molecule has 0 aliphatic rings. The van der Waals surface area contributed by atoms with E-state index < -0.39 is 11.7 Å². The van der Waals surface area contributed by atoms with Crippen LogP contribution in [0.15, 0.2) is 18.2 Å². The SMILES string of the molecule is CCOc1ccc2nc(NC(=O)CCNC(=O)OC(C)(C)C)sc2c1. The van der Waals surface area contributed by atoms with Crippen molar-refractivity contribution in [1.29, 1.82) is 0 Å². The lowest BCUT2D eigenvalue weighted by Crippen LogP contribution is -2.34. The molecule has 1 heterocycles. The third-order valence-electron chi connectivity index (χ3n) is 2.94. The topological polar surface area (TPSA) is 89.5 Å². The Hall–Kier alpha value is -2.35. The highest BCUT2D eigenvalue weighted by molar-refractivity contribution is 7.22. The lowest BCUT2D eigenvalue weighted by molar-refractivity contribution is -0.116. The molecule has 0 saturated heterocycles. The number of amides is 2. The van der Waals surface area contributed by atoms with Gasteiger partial charge in [-0.15, -0.1) is 0 Å². The Morgan fingerprint density at radius 3 is 2.72 bits per heavy atom. The van der Waals surface area contributed by atoms with Gasteiger partial charge in [0.1, 0.15) is 11.4 Å². The number of nitrogens with one attached hydrogen (secondary N) is 2. The second-order valence-corrected chi connectivity index (χ2v) is 7.34. The summed E-state index contributed by atoms with van der Waals surface area (Å²) in [7, 11) is 0. The first-order valence-corrected chi connectivity index (χ1v) is 8.88. The molecule has 7 nitrogen and oxygen atoms in total. The predicted molar refractivity (Wildman–Crippen MR) is 98.3 cm³/mol. The van der Waals surface area contributed by atoms with Gasteiger partial charge in [-0.05, 0) is 45.9 Å². The molecule has 2 aromatic rings. The molecular weight excluding hydrogens is 342 g/mol. The Morgan fingerprint density at radius 1 is 1.28 bits per heavy atom. The molecule has 2 rings (SSSR count). The van der Waals surface area contributed by atoms with Crippen LogP contribution >= 0.6 is 11.3 Å². The quantitative estimate of drug-likeness (QED) is 0.817. The van der Waals surface area contributed by atoms with Crippen LogP contribution in [0.1, 0.15) is 34.1 Å². The monoisotopic (exact) mass is 365 g/mol. The number of carbonyl (C=O) groups excluding carboxylic acids is 2. The molecule has 1 aromatic heterocycles. The Kier molecular flexibility index (Phi) is 6.19. The molecular formula is C17H23N3O4S. The zero-order chi connectivity index (χ0) is 18.4. The lowest BCUT2D eigenvalue weighted by Gasteiger charge is -2.19. The number of fused-ring (bicyclic) bond motifs is 1. The standard InChI is InChI=1S/C17H23N3O4S/c1-5-23-11-6-7-12-13(10-11)25-15(19-12)20-14(21)8-9-18-16(22)24-17(2,3)4/h6-7,10H,5,8-9H2,1-4H3,(H,18,22)(H,19,20,21). The summed E-state index contributed by atoms with van der Waals surface area (Å²) in [5, 5.41) is 5.81. The minimum Gasteiger partial charge on any atom is -0.494 e. The van der Waals surface area contributed by atoms with Crippen LogP contribution in [0.5, 0.6) is 5.75 Å². The largest absolute Gasteiger partial charge is 0.494 e. The van der Waals surface area contributed by atoms with Crippen molar-refractivity contribution in [3.05, 3.63) is 18.2 Å². The molecule has 8 heteroatoms. The van der Waals surface area contributed by atoms with Gasteiger partial charge >= 0.3 is 6.09 Å². The van der Waals surface area contributed by atoms with Crippen LogP contribution in [0.4, 0.5) is 9.93 Å². The average molecular weight is 365 g/mol. The molecule has 0 atom stereocenters. The molecule has 25 heavy (non-hydrogen) atoms. The van der Waals surface area contributed by atoms with E-state index >= 15 is 0 Å². The minimum atomic E-state index is -0.562. The van der Waals surface area contributed by atoms with Crippen molar-refractivity contribution >= 4 is 38.7 Å². The predicted octanol–water partition coefficient (Wildman–Crippen LogP) is 3.55. The van der Waals surface area contributed by atoms with Crippen LogP contribution in [0.3, 0.4) is 0 Å². The highest BCUT2D eigenvalue weighted by Gasteiger charge is 2.16. The van der Waals surface area contributed by atoms with Gasteiger partial charge in [-0.25, -0.2) is 9.78 Å². The summed E-state index contributed by atoms with van der Waals surface area (Å²) >= 11 is 1.38. The maximum absolute atomic E-state index is 12.0. The van der Waals surface area contributed by atoms with Gasteiger partial charge in [0.15, 0.2) is 5.13 Å². The highest BCUT2D eigenvalue weighted by atomic mass is 32.1. The zero-order valence-corrected chi connectivity index (χ0v) is 15.7. The van der Waals surface area contributed by atoms with Crippen molar-refractivity contribution in [2.24, 2.45) is 0 Å². The van der Waals surface area contributed by atoms with Gasteiger partial charge in [0, 0.05) is 13.0 Å². The second kappa shape index (κ2) is 8.15. The van der Waals surface area contributed by atoms with E-state index in [0.717, 1.165) is 16.0 Å². The van der Waals surface area contributed by atoms with E-state index in [4.69, 9.17) is 9.47 Å². The summed E-state index contributed by atoms with van der Waals surface area (Å²) in [5.41, 5.74) is 0.240. The van der Waals surface area contributed by atoms with E-state index in [-0.39, 0.29) is 18.9 Å². The number of hydrogen-bond acceptors (Lipinski definition) is 6. The van der Waals surface area contributed by atoms with Crippen LogP contribution in [0.2, 0.25) is 0 Å². The van der Waals surface area contributed by atoms with Crippen molar-refractivity contribution in [2.45, 2.75) is 39.7 Å². The Morgan fingerprint density at radius 2 is 2.04 bits per heavy atom. The number of aromatic nitrogens is 1. The summed E-state index contributed by atoms with van der Waals surface area (Å²) in [6.07, 6.45) is -0.400. The Bertz CT molecular complexity index is 752. The number of hydrogen-bond donors (Lipinski definition) is 2. The molecule has 0 radical (unpaired) electrons. The third-order valence-corrected chi connectivity index (χ3v) is 3.87. The molecule has 0 fully saturated rings. The van der Waals surface area contributed by atoms with E-state index in [9.17, 15) is 9.59 Å². The maximum atomic E-state index is 12.0. The van der Waals surface area contributed by atoms with E-state index in [2.05, 4.69) is 15.6 Å². The normalized spacial score (nSPS) is 11.2. The smallest absolute Gasteiger partial charge is 0.407 e. The third kappa shape index (κ3) is 6.22. The number of benzene rings is 1. The van der Waals surface area contributed by atoms with Crippen LogP contribution in [0.25, 0.3) is 10.2 Å². The molecule has 136 valence electrons. The van der Waals surface area contributed by atoms with Crippen LogP contribution in [0, 0.1) is 0 Å². The molecule has 2 amide bonds. The fourth-order valence-corrected chi connectivity index (χ4v) is 2.90. The first kappa shape index (κ1) is 19.0. The Balaban J connectivity index is 1.84. The van der Waals surface area contributed by atoms with Crippen molar-refractivity contribution in [1.82, 2.24) is 10.3 Å². The molecule has 2 N–H and O–H groups in total. The van der Waals surface area contributed by atoms with Gasteiger partial charge in [-0.3, -0.25) is 4.79 Å². The van der Waals surface area contributed by atoms with Crippen molar-refractivity contribution in [3.8, 4) is 5.75 Å². The van der Waals surface area contributed by atoms with Crippen molar-refractivity contribution in [3.63, 3.8) is 0 Å². The van der Waals surface area contributed by atoms with E-state index in [0.29, 0.717) is 11.7 Å². The van der Waals surface area contributed by atoms with Crippen LogP contribution in [-0.2, 0) is 9.53 Å². The Labute approximate surface area is 150 Å². The number of thiazole rings is 1. The summed E-state index contributed by atoms with van der Waals surface area (Å²) in [4.78, 5) is 27.8. The average Bonchev–Trinajstić information content (AvgIpc) is 2.87. The molecule has 0 spiro atoms. The fourth-order valence-electron chi connectivity index (χ4n) is 1.99. The van der Waals surface area contributed by atoms with Gasteiger partial charge in [-0.1, -0.05) is 11.3 Å². The van der Waals surface area contributed by atoms with Gasteiger partial charge in [0.05, 0.1) is 16.8 Å². The molecule has 0 aliphatic carbocycles. The first-order chi connectivity index (χ1) is 11.8. The van der Waals surface area contributed by atoms with E-state index in [1.54, 1.807) is 20.8 Å². The van der Waals surface area contributed by atoms with Gasteiger partial charge < -0.3 is 20.1 Å². The first-order valence-electron chi connectivity index (χ1n) is 8.07. The summed E-state index contributed by atoms with van der Waals surface area (Å²) < 4.78 is 11.5. The van der Waals surface area contributed by atoms with Crippen LogP contribution in [-0.4, -0.2) is 35.7 Å². The van der Waals surface area contributed by atoms with Gasteiger partial charge in [-0.2, -0.15) is 0 Å². The molecule has 1 aromatic carbocycles. The number of carbonyl (C=O) groups is 2. The van der Waals surface area contributed by atoms with E-state index in [1.165, 1.54) is 11.3 Å². The van der Waals surface area contributed by atoms with E-state index in [1.807, 2.05) is 25.1 Å². The number of ether oxygens (including phenoxy) is 2. The molecule has 0 bridgehead atoms. The lowest BCUT2D eigenvalue weighted by atomic mass is 10.2. The second-order valence-electron chi connectivity index (χ2n) is 6.31. The maximum Gasteiger partial charge on any atom is 0.407 e.